The second kappa shape index (κ2) is 5.50. The van der Waals surface area contributed by atoms with Gasteiger partial charge >= 0.3 is 6.09 Å². The van der Waals surface area contributed by atoms with Gasteiger partial charge in [0.15, 0.2) is 0 Å². The predicted octanol–water partition coefficient (Wildman–Crippen LogP) is 1.50. The standard InChI is InChI=1S/C10H15N3O2S/c1-7-2-3-8(11)9(6-7)13(16)5-4-12-10(14)15/h2-3,6,12,16H,4-5,11H2,1H3,(H,14,15). The first-order valence-corrected chi connectivity index (χ1v) is 5.20. The smallest absolute Gasteiger partial charge is 0.404 e. The van der Waals surface area contributed by atoms with E-state index in [4.69, 9.17) is 10.8 Å². The molecule has 0 bridgehead atoms. The SMILES string of the molecule is Cc1ccc(N)c(N(S)CCNC(=O)O)c1. The maximum atomic E-state index is 10.3. The van der Waals surface area contributed by atoms with Gasteiger partial charge in [-0.25, -0.2) is 4.79 Å². The molecule has 0 heterocycles. The van der Waals surface area contributed by atoms with Gasteiger partial charge in [-0.2, -0.15) is 0 Å². The van der Waals surface area contributed by atoms with Crippen LogP contribution in [0.1, 0.15) is 5.56 Å². The third kappa shape index (κ3) is 3.54. The third-order valence-corrected chi connectivity index (χ3v) is 2.48. The summed E-state index contributed by atoms with van der Waals surface area (Å²) in [6, 6.07) is 5.62. The van der Waals surface area contributed by atoms with Crippen molar-refractivity contribution in [2.75, 3.05) is 23.1 Å². The summed E-state index contributed by atoms with van der Waals surface area (Å²) < 4.78 is 1.62. The molecule has 16 heavy (non-hydrogen) atoms. The second-order valence-corrected chi connectivity index (χ2v) is 3.90. The van der Waals surface area contributed by atoms with Crippen LogP contribution in [0.4, 0.5) is 16.2 Å². The molecule has 1 aromatic rings. The van der Waals surface area contributed by atoms with E-state index in [9.17, 15) is 4.79 Å². The number of hydrogen-bond donors (Lipinski definition) is 4. The van der Waals surface area contributed by atoms with Crippen LogP contribution in [-0.2, 0) is 0 Å². The fourth-order valence-electron chi connectivity index (χ4n) is 1.27. The molecular formula is C10H15N3O2S. The van der Waals surface area contributed by atoms with Crippen LogP contribution in [0.15, 0.2) is 18.2 Å². The van der Waals surface area contributed by atoms with E-state index in [0.717, 1.165) is 11.3 Å². The van der Waals surface area contributed by atoms with Crippen LogP contribution in [0.25, 0.3) is 0 Å². The minimum absolute atomic E-state index is 0.298. The highest BCUT2D eigenvalue weighted by Gasteiger charge is 2.06. The highest BCUT2D eigenvalue weighted by Crippen LogP contribution is 2.25. The van der Waals surface area contributed by atoms with E-state index in [-0.39, 0.29) is 0 Å². The lowest BCUT2D eigenvalue weighted by atomic mass is 10.2. The number of nitrogens with two attached hydrogens (primary N) is 1. The summed E-state index contributed by atoms with van der Waals surface area (Å²) >= 11 is 4.26. The van der Waals surface area contributed by atoms with Crippen LogP contribution in [-0.4, -0.2) is 24.3 Å². The molecule has 1 amide bonds. The summed E-state index contributed by atoms with van der Waals surface area (Å²) in [7, 11) is 0. The van der Waals surface area contributed by atoms with E-state index in [1.807, 2.05) is 19.1 Å². The number of hydrogen-bond acceptors (Lipinski definition) is 4. The van der Waals surface area contributed by atoms with Gasteiger partial charge < -0.3 is 20.5 Å². The van der Waals surface area contributed by atoms with Crippen molar-refractivity contribution in [3.8, 4) is 0 Å². The number of carbonyl (C=O) groups is 1. The Hall–Kier alpha value is -1.56. The largest absolute Gasteiger partial charge is 0.465 e. The Labute approximate surface area is 99.8 Å². The van der Waals surface area contributed by atoms with E-state index in [2.05, 4.69) is 18.1 Å². The van der Waals surface area contributed by atoms with Gasteiger partial charge in [-0.05, 0) is 24.6 Å². The molecule has 5 nitrogen and oxygen atoms in total. The quantitative estimate of drug-likeness (QED) is 0.476. The number of amides is 1. The Morgan fingerprint density at radius 2 is 2.31 bits per heavy atom. The number of nitrogens with zero attached hydrogens (tertiary/aromatic N) is 1. The van der Waals surface area contributed by atoms with Gasteiger partial charge in [0.1, 0.15) is 0 Å². The van der Waals surface area contributed by atoms with Gasteiger partial charge in [0, 0.05) is 13.1 Å². The van der Waals surface area contributed by atoms with Crippen molar-refractivity contribution in [3.05, 3.63) is 23.8 Å². The number of benzene rings is 1. The molecule has 0 fully saturated rings. The molecule has 0 saturated carbocycles. The zero-order chi connectivity index (χ0) is 12.1. The van der Waals surface area contributed by atoms with Crippen molar-refractivity contribution in [2.45, 2.75) is 6.92 Å². The first kappa shape index (κ1) is 12.5. The second-order valence-electron chi connectivity index (χ2n) is 3.42. The molecule has 4 N–H and O–H groups in total. The monoisotopic (exact) mass is 241 g/mol. The lowest BCUT2D eigenvalue weighted by Crippen LogP contribution is -2.30. The summed E-state index contributed by atoms with van der Waals surface area (Å²) in [6.07, 6.45) is -1.04. The summed E-state index contributed by atoms with van der Waals surface area (Å²) in [5.41, 5.74) is 8.28. The summed E-state index contributed by atoms with van der Waals surface area (Å²) in [6.45, 7) is 2.70. The average molecular weight is 241 g/mol. The zero-order valence-corrected chi connectivity index (χ0v) is 9.87. The Morgan fingerprint density at radius 3 is 2.94 bits per heavy atom. The third-order valence-electron chi connectivity index (χ3n) is 2.06. The summed E-state index contributed by atoms with van der Waals surface area (Å²) in [4.78, 5) is 10.3. The van der Waals surface area contributed by atoms with Crippen LogP contribution >= 0.6 is 12.8 Å². The minimum atomic E-state index is -1.04. The molecule has 0 aliphatic rings. The highest BCUT2D eigenvalue weighted by atomic mass is 32.1. The molecule has 1 aromatic carbocycles. The van der Waals surface area contributed by atoms with Crippen molar-refractivity contribution in [1.82, 2.24) is 5.32 Å². The first-order valence-electron chi connectivity index (χ1n) is 4.80. The van der Waals surface area contributed by atoms with Crippen LogP contribution in [0, 0.1) is 6.92 Å². The number of thiol groups is 1. The number of anilines is 2. The van der Waals surface area contributed by atoms with E-state index in [0.29, 0.717) is 18.8 Å². The van der Waals surface area contributed by atoms with Gasteiger partial charge in [0.25, 0.3) is 0 Å². The average Bonchev–Trinajstić information content (AvgIpc) is 2.21. The maximum Gasteiger partial charge on any atom is 0.404 e. The molecule has 0 spiro atoms. The number of aryl methyl sites for hydroxylation is 1. The van der Waals surface area contributed by atoms with Crippen molar-refractivity contribution in [2.24, 2.45) is 0 Å². The van der Waals surface area contributed by atoms with Crippen LogP contribution < -0.4 is 15.4 Å². The Balaban J connectivity index is 2.61. The van der Waals surface area contributed by atoms with E-state index in [1.54, 1.807) is 10.4 Å². The van der Waals surface area contributed by atoms with Crippen molar-refractivity contribution in [3.63, 3.8) is 0 Å². The molecule has 0 unspecified atom stereocenters. The van der Waals surface area contributed by atoms with Crippen molar-refractivity contribution < 1.29 is 9.90 Å². The zero-order valence-electron chi connectivity index (χ0n) is 8.97. The van der Waals surface area contributed by atoms with Gasteiger partial charge in [0.2, 0.25) is 0 Å². The van der Waals surface area contributed by atoms with Gasteiger partial charge in [0.05, 0.1) is 11.4 Å². The van der Waals surface area contributed by atoms with Crippen molar-refractivity contribution in [1.29, 1.82) is 0 Å². The number of nitrogen functional groups attached to an aromatic ring is 1. The molecular weight excluding hydrogens is 226 g/mol. The highest BCUT2D eigenvalue weighted by molar-refractivity contribution is 7.81. The number of rotatable bonds is 4. The minimum Gasteiger partial charge on any atom is -0.465 e. The Kier molecular flexibility index (Phi) is 4.30. The number of carboxylic acid groups (broad SMARTS) is 1. The fourth-order valence-corrected chi connectivity index (χ4v) is 1.54. The maximum absolute atomic E-state index is 10.3. The van der Waals surface area contributed by atoms with Gasteiger partial charge in [-0.15, -0.1) is 0 Å². The Morgan fingerprint density at radius 1 is 1.62 bits per heavy atom. The summed E-state index contributed by atoms with van der Waals surface area (Å²) in [5, 5.41) is 10.7. The lowest BCUT2D eigenvalue weighted by molar-refractivity contribution is 0.195. The van der Waals surface area contributed by atoms with Crippen molar-refractivity contribution >= 4 is 30.3 Å². The molecule has 0 aliphatic carbocycles. The van der Waals surface area contributed by atoms with Gasteiger partial charge in [-0.1, -0.05) is 18.9 Å². The molecule has 6 heteroatoms. The molecule has 88 valence electrons. The lowest BCUT2D eigenvalue weighted by Gasteiger charge is -2.19. The van der Waals surface area contributed by atoms with Crippen LogP contribution in [0.2, 0.25) is 0 Å². The van der Waals surface area contributed by atoms with Crippen LogP contribution in [0.5, 0.6) is 0 Å². The van der Waals surface area contributed by atoms with Crippen LogP contribution in [0.3, 0.4) is 0 Å². The molecule has 0 atom stereocenters. The molecule has 0 saturated heterocycles. The van der Waals surface area contributed by atoms with E-state index >= 15 is 0 Å². The van der Waals surface area contributed by atoms with Gasteiger partial charge in [-0.3, -0.25) is 0 Å². The van der Waals surface area contributed by atoms with E-state index in [1.165, 1.54) is 0 Å². The molecule has 0 aliphatic heterocycles. The predicted molar refractivity (Wildman–Crippen MR) is 68.0 cm³/mol. The molecule has 1 rings (SSSR count). The Bertz CT molecular complexity index is 384. The fraction of sp³-hybridized carbons (Fsp3) is 0.300. The molecule has 0 radical (unpaired) electrons. The molecule has 0 aromatic heterocycles. The topological polar surface area (TPSA) is 78.6 Å². The first-order chi connectivity index (χ1) is 7.50. The van der Waals surface area contributed by atoms with E-state index < -0.39 is 6.09 Å². The number of nitrogens with one attached hydrogen (secondary N) is 1. The summed E-state index contributed by atoms with van der Waals surface area (Å²) in [5.74, 6) is 0. The normalized spacial score (nSPS) is 9.88.